The van der Waals surface area contributed by atoms with Crippen LogP contribution in [0.25, 0.3) is 0 Å². The van der Waals surface area contributed by atoms with Gasteiger partial charge in [0.05, 0.1) is 7.11 Å². The molecule has 0 spiro atoms. The van der Waals surface area contributed by atoms with Gasteiger partial charge in [-0.15, -0.1) is 11.3 Å². The van der Waals surface area contributed by atoms with Gasteiger partial charge in [0, 0.05) is 11.4 Å². The van der Waals surface area contributed by atoms with Crippen molar-refractivity contribution < 1.29 is 9.53 Å². The number of methoxy groups -OCH3 is 1. The number of thiophene rings is 1. The van der Waals surface area contributed by atoms with Crippen molar-refractivity contribution in [3.63, 3.8) is 0 Å². The third-order valence-corrected chi connectivity index (χ3v) is 4.76. The van der Waals surface area contributed by atoms with Crippen molar-refractivity contribution in [3.05, 3.63) is 22.4 Å². The fraction of sp³-hybridized carbons (Fsp3) is 0.667. The smallest absolute Gasteiger partial charge is 0.322 e. The summed E-state index contributed by atoms with van der Waals surface area (Å²) >= 11 is 1.72. The Hall–Kier alpha value is -0.870. The average Bonchev–Trinajstić information content (AvgIpc) is 2.97. The van der Waals surface area contributed by atoms with Gasteiger partial charge < -0.3 is 4.74 Å². The van der Waals surface area contributed by atoms with Crippen molar-refractivity contribution >= 4 is 17.3 Å². The molecule has 1 atom stereocenters. The molecule has 1 aliphatic carbocycles. The maximum atomic E-state index is 11.9. The van der Waals surface area contributed by atoms with Crippen LogP contribution in [0.15, 0.2) is 17.5 Å². The SMILES string of the molecule is COC(=O)C(CC1CCCCC1)NCc1cccs1. The second kappa shape index (κ2) is 7.65. The maximum Gasteiger partial charge on any atom is 0.322 e. The van der Waals surface area contributed by atoms with Crippen LogP contribution in [-0.4, -0.2) is 19.1 Å². The van der Waals surface area contributed by atoms with E-state index in [2.05, 4.69) is 16.8 Å². The predicted octanol–water partition coefficient (Wildman–Crippen LogP) is 3.35. The minimum absolute atomic E-state index is 0.123. The third-order valence-electron chi connectivity index (χ3n) is 3.88. The van der Waals surface area contributed by atoms with E-state index in [-0.39, 0.29) is 12.0 Å². The van der Waals surface area contributed by atoms with Crippen LogP contribution in [0.1, 0.15) is 43.4 Å². The van der Waals surface area contributed by atoms with Gasteiger partial charge in [-0.05, 0) is 23.8 Å². The molecule has 19 heavy (non-hydrogen) atoms. The number of nitrogens with one attached hydrogen (secondary N) is 1. The highest BCUT2D eigenvalue weighted by Gasteiger charge is 2.24. The highest BCUT2D eigenvalue weighted by atomic mass is 32.1. The lowest BCUT2D eigenvalue weighted by Crippen LogP contribution is -2.39. The van der Waals surface area contributed by atoms with Crippen LogP contribution in [0, 0.1) is 5.92 Å². The van der Waals surface area contributed by atoms with Crippen LogP contribution in [0.2, 0.25) is 0 Å². The Kier molecular flexibility index (Phi) is 5.86. The van der Waals surface area contributed by atoms with Gasteiger partial charge in [-0.2, -0.15) is 0 Å². The van der Waals surface area contributed by atoms with E-state index >= 15 is 0 Å². The zero-order valence-corrected chi connectivity index (χ0v) is 12.4. The van der Waals surface area contributed by atoms with Crippen molar-refractivity contribution in [1.29, 1.82) is 0 Å². The molecule has 1 heterocycles. The molecule has 0 amide bonds. The summed E-state index contributed by atoms with van der Waals surface area (Å²) in [5, 5.41) is 5.42. The first-order valence-electron chi connectivity index (χ1n) is 7.13. The normalized spacial score (nSPS) is 18.2. The Morgan fingerprint density at radius 2 is 2.26 bits per heavy atom. The fourth-order valence-electron chi connectivity index (χ4n) is 2.80. The second-order valence-corrected chi connectivity index (χ2v) is 6.31. The van der Waals surface area contributed by atoms with E-state index in [9.17, 15) is 4.79 Å². The molecule has 3 nitrogen and oxygen atoms in total. The number of rotatable bonds is 6. The molecule has 1 fully saturated rings. The number of carbonyl (C=O) groups excluding carboxylic acids is 1. The maximum absolute atomic E-state index is 11.9. The van der Waals surface area contributed by atoms with E-state index in [1.54, 1.807) is 11.3 Å². The summed E-state index contributed by atoms with van der Waals surface area (Å²) in [5.74, 6) is 0.552. The number of esters is 1. The molecule has 1 aromatic heterocycles. The van der Waals surface area contributed by atoms with E-state index in [4.69, 9.17) is 4.74 Å². The summed E-state index contributed by atoms with van der Waals surface area (Å²) in [4.78, 5) is 13.1. The topological polar surface area (TPSA) is 38.3 Å². The Morgan fingerprint density at radius 3 is 2.89 bits per heavy atom. The molecule has 1 aliphatic rings. The Bertz CT molecular complexity index is 372. The van der Waals surface area contributed by atoms with Crippen LogP contribution >= 0.6 is 11.3 Å². The standard InChI is InChI=1S/C15H23NO2S/c1-18-15(17)14(10-12-6-3-2-4-7-12)16-11-13-8-5-9-19-13/h5,8-9,12,14,16H,2-4,6-7,10-11H2,1H3. The number of hydrogen-bond acceptors (Lipinski definition) is 4. The lowest BCUT2D eigenvalue weighted by Gasteiger charge is -2.25. The summed E-state index contributed by atoms with van der Waals surface area (Å²) in [6.07, 6.45) is 7.40. The van der Waals surface area contributed by atoms with Crippen LogP contribution in [0.3, 0.4) is 0 Å². The van der Waals surface area contributed by atoms with Crippen molar-refractivity contribution in [2.75, 3.05) is 7.11 Å². The minimum atomic E-state index is -0.157. The van der Waals surface area contributed by atoms with E-state index in [0.29, 0.717) is 5.92 Å². The zero-order valence-electron chi connectivity index (χ0n) is 11.6. The Balaban J connectivity index is 1.85. The second-order valence-electron chi connectivity index (χ2n) is 5.28. The van der Waals surface area contributed by atoms with Crippen molar-refractivity contribution in [3.8, 4) is 0 Å². The molecule has 1 aromatic rings. The average molecular weight is 281 g/mol. The van der Waals surface area contributed by atoms with Gasteiger partial charge in [0.25, 0.3) is 0 Å². The molecule has 1 N–H and O–H groups in total. The lowest BCUT2D eigenvalue weighted by molar-refractivity contribution is -0.143. The van der Waals surface area contributed by atoms with Gasteiger partial charge in [0.15, 0.2) is 0 Å². The third kappa shape index (κ3) is 4.62. The van der Waals surface area contributed by atoms with Gasteiger partial charge >= 0.3 is 5.97 Å². The Labute approximate surface area is 119 Å². The molecule has 4 heteroatoms. The van der Waals surface area contributed by atoms with Crippen LogP contribution in [-0.2, 0) is 16.1 Å². The van der Waals surface area contributed by atoms with E-state index in [0.717, 1.165) is 13.0 Å². The van der Waals surface area contributed by atoms with Crippen LogP contribution in [0.4, 0.5) is 0 Å². The van der Waals surface area contributed by atoms with Gasteiger partial charge in [-0.3, -0.25) is 10.1 Å². The molecule has 0 saturated heterocycles. The number of carbonyl (C=O) groups is 1. The van der Waals surface area contributed by atoms with Gasteiger partial charge in [-0.25, -0.2) is 0 Å². The van der Waals surface area contributed by atoms with Crippen LogP contribution < -0.4 is 5.32 Å². The first kappa shape index (κ1) is 14.5. The summed E-state index contributed by atoms with van der Waals surface area (Å²) in [7, 11) is 1.48. The Morgan fingerprint density at radius 1 is 1.47 bits per heavy atom. The molecule has 1 saturated carbocycles. The molecule has 106 valence electrons. The first-order chi connectivity index (χ1) is 9.29. The fourth-order valence-corrected chi connectivity index (χ4v) is 3.45. The van der Waals surface area contributed by atoms with Crippen molar-refractivity contribution in [2.24, 2.45) is 5.92 Å². The van der Waals surface area contributed by atoms with Crippen molar-refractivity contribution in [2.45, 2.75) is 51.1 Å². The largest absolute Gasteiger partial charge is 0.468 e. The predicted molar refractivity (Wildman–Crippen MR) is 78.2 cm³/mol. The number of ether oxygens (including phenoxy) is 1. The van der Waals surface area contributed by atoms with Crippen molar-refractivity contribution in [1.82, 2.24) is 5.32 Å². The minimum Gasteiger partial charge on any atom is -0.468 e. The van der Waals surface area contributed by atoms with Gasteiger partial charge in [0.1, 0.15) is 6.04 Å². The first-order valence-corrected chi connectivity index (χ1v) is 8.01. The van der Waals surface area contributed by atoms with Gasteiger partial charge in [-0.1, -0.05) is 38.2 Å². The summed E-state index contributed by atoms with van der Waals surface area (Å²) in [6, 6.07) is 3.97. The summed E-state index contributed by atoms with van der Waals surface area (Å²) < 4.78 is 4.93. The van der Waals surface area contributed by atoms with Crippen LogP contribution in [0.5, 0.6) is 0 Å². The summed E-state index contributed by atoms with van der Waals surface area (Å²) in [6.45, 7) is 0.754. The highest BCUT2D eigenvalue weighted by Crippen LogP contribution is 2.27. The molecule has 0 aliphatic heterocycles. The molecule has 0 bridgehead atoms. The van der Waals surface area contributed by atoms with E-state index in [1.165, 1.54) is 44.1 Å². The molecule has 0 radical (unpaired) electrons. The molecule has 2 rings (SSSR count). The monoisotopic (exact) mass is 281 g/mol. The summed E-state index contributed by atoms with van der Waals surface area (Å²) in [5.41, 5.74) is 0. The lowest BCUT2D eigenvalue weighted by atomic mass is 9.85. The van der Waals surface area contributed by atoms with E-state index in [1.807, 2.05) is 6.07 Å². The quantitative estimate of drug-likeness (QED) is 0.813. The zero-order chi connectivity index (χ0) is 13.5. The number of hydrogen-bond donors (Lipinski definition) is 1. The molecular formula is C15H23NO2S. The molecular weight excluding hydrogens is 258 g/mol. The molecule has 1 unspecified atom stereocenters. The highest BCUT2D eigenvalue weighted by molar-refractivity contribution is 7.09. The van der Waals surface area contributed by atoms with E-state index < -0.39 is 0 Å². The molecule has 0 aromatic carbocycles. The van der Waals surface area contributed by atoms with Gasteiger partial charge in [0.2, 0.25) is 0 Å².